The predicted octanol–water partition coefficient (Wildman–Crippen LogP) is 2.09. The van der Waals surface area contributed by atoms with Gasteiger partial charge in [0.1, 0.15) is 5.75 Å². The molecule has 0 aliphatic heterocycles. The Labute approximate surface area is 102 Å². The molecule has 4 nitrogen and oxygen atoms in total. The summed E-state index contributed by atoms with van der Waals surface area (Å²) in [4.78, 5) is 0. The van der Waals surface area contributed by atoms with E-state index in [0.29, 0.717) is 5.75 Å². The molecule has 2 aromatic carbocycles. The maximum absolute atomic E-state index is 9.41. The summed E-state index contributed by atoms with van der Waals surface area (Å²) < 4.78 is 22.8. The number of fused-ring (bicyclic) bond motifs is 1. The molecule has 0 aliphatic carbocycles. The maximum Gasteiger partial charge on any atom is 0.257 e. The summed E-state index contributed by atoms with van der Waals surface area (Å²) in [5.41, 5.74) is 0. The van der Waals surface area contributed by atoms with E-state index in [4.69, 9.17) is 0 Å². The maximum atomic E-state index is 9.41. The Morgan fingerprint density at radius 3 is 2.29 bits per heavy atom. The van der Waals surface area contributed by atoms with E-state index in [1.54, 1.807) is 13.0 Å². The number of phenolic OH excluding ortho intramolecular Hbond substituents is 1. The van der Waals surface area contributed by atoms with E-state index in [1.165, 1.54) is 0 Å². The van der Waals surface area contributed by atoms with Gasteiger partial charge in [-0.2, -0.15) is 0 Å². The molecule has 0 amide bonds. The predicted molar refractivity (Wildman–Crippen MR) is 67.6 cm³/mol. The quantitative estimate of drug-likeness (QED) is 0.805. The van der Waals surface area contributed by atoms with Crippen LogP contribution in [0.1, 0.15) is 6.92 Å². The number of rotatable bonds is 2. The fourth-order valence-corrected chi connectivity index (χ4v) is 1.52. The highest BCUT2D eigenvalue weighted by atomic mass is 32.2. The minimum absolute atomic E-state index is 0.235. The first-order valence-corrected chi connectivity index (χ1v) is 6.18. The van der Waals surface area contributed by atoms with Crippen LogP contribution in [-0.4, -0.2) is 20.1 Å². The molecule has 2 aromatic rings. The van der Waals surface area contributed by atoms with Crippen LogP contribution in [-0.2, 0) is 15.2 Å². The van der Waals surface area contributed by atoms with Crippen LogP contribution in [0.4, 0.5) is 0 Å². The third kappa shape index (κ3) is 4.42. The van der Waals surface area contributed by atoms with E-state index in [1.807, 2.05) is 36.4 Å². The summed E-state index contributed by atoms with van der Waals surface area (Å²) in [6, 6.07) is 13.3. The summed E-state index contributed by atoms with van der Waals surface area (Å²) in [5, 5.41) is 11.4. The highest BCUT2D eigenvalue weighted by Gasteiger charge is 1.94. The SMILES string of the molecule is CCO[SH](=O)=O.Oc1cccc2ccccc12. The number of aromatic hydroxyl groups is 1. The standard InChI is InChI=1S/C10H8O.C2H6O3S/c11-10-7-3-5-8-4-1-2-6-9(8)10;1-2-5-6(3)4/h1-7,11H;6H,2H2,1H3. The van der Waals surface area contributed by atoms with Gasteiger partial charge in [-0.3, -0.25) is 4.18 Å². The lowest BCUT2D eigenvalue weighted by Gasteiger charge is -1.97. The molecule has 92 valence electrons. The zero-order chi connectivity index (χ0) is 12.7. The van der Waals surface area contributed by atoms with Crippen molar-refractivity contribution in [2.45, 2.75) is 6.92 Å². The summed E-state index contributed by atoms with van der Waals surface area (Å²) in [6.07, 6.45) is 0. The van der Waals surface area contributed by atoms with Gasteiger partial charge in [-0.25, -0.2) is 8.42 Å². The molecule has 0 aromatic heterocycles. The van der Waals surface area contributed by atoms with Gasteiger partial charge < -0.3 is 5.11 Å². The normalized spacial score (nSPS) is 10.0. The minimum atomic E-state index is -2.60. The van der Waals surface area contributed by atoms with Crippen LogP contribution in [0.15, 0.2) is 42.5 Å². The van der Waals surface area contributed by atoms with Crippen molar-refractivity contribution < 1.29 is 17.7 Å². The molecular weight excluding hydrogens is 240 g/mol. The Balaban J connectivity index is 0.000000209. The number of hydrogen-bond acceptors (Lipinski definition) is 4. The number of hydrogen-bond donors (Lipinski definition) is 2. The van der Waals surface area contributed by atoms with E-state index >= 15 is 0 Å². The molecular formula is C12H14O4S. The molecule has 0 saturated heterocycles. The Hall–Kier alpha value is -1.59. The topological polar surface area (TPSA) is 63.6 Å². The van der Waals surface area contributed by atoms with E-state index in [2.05, 4.69) is 4.18 Å². The van der Waals surface area contributed by atoms with Crippen LogP contribution in [0, 0.1) is 0 Å². The van der Waals surface area contributed by atoms with Crippen LogP contribution in [0.2, 0.25) is 0 Å². The molecule has 0 heterocycles. The van der Waals surface area contributed by atoms with Crippen molar-refractivity contribution in [2.24, 2.45) is 0 Å². The van der Waals surface area contributed by atoms with E-state index in [0.717, 1.165) is 10.8 Å². The van der Waals surface area contributed by atoms with Gasteiger partial charge in [0.05, 0.1) is 6.61 Å². The second-order valence-corrected chi connectivity index (χ2v) is 3.85. The van der Waals surface area contributed by atoms with Crippen molar-refractivity contribution in [3.8, 4) is 5.75 Å². The first-order chi connectivity index (χ1) is 8.15. The zero-order valence-corrected chi connectivity index (χ0v) is 10.3. The van der Waals surface area contributed by atoms with Crippen LogP contribution in [0.3, 0.4) is 0 Å². The molecule has 5 heteroatoms. The summed E-state index contributed by atoms with van der Waals surface area (Å²) in [7, 11) is -2.60. The Morgan fingerprint density at radius 2 is 1.76 bits per heavy atom. The molecule has 0 radical (unpaired) electrons. The van der Waals surface area contributed by atoms with Gasteiger partial charge in [-0.1, -0.05) is 36.4 Å². The molecule has 0 bridgehead atoms. The highest BCUT2D eigenvalue weighted by Crippen LogP contribution is 2.22. The van der Waals surface area contributed by atoms with E-state index < -0.39 is 11.0 Å². The van der Waals surface area contributed by atoms with E-state index in [-0.39, 0.29) is 6.61 Å². The third-order valence-corrected chi connectivity index (χ3v) is 2.47. The lowest BCUT2D eigenvalue weighted by atomic mass is 10.1. The molecule has 1 N–H and O–H groups in total. The highest BCUT2D eigenvalue weighted by molar-refractivity contribution is 7.67. The van der Waals surface area contributed by atoms with Crippen molar-refractivity contribution >= 4 is 21.8 Å². The largest absolute Gasteiger partial charge is 0.507 e. The van der Waals surface area contributed by atoms with Crippen LogP contribution in [0.25, 0.3) is 10.8 Å². The fourth-order valence-electron chi connectivity index (χ4n) is 1.31. The number of thiol groups is 1. The van der Waals surface area contributed by atoms with Gasteiger partial charge in [0, 0.05) is 5.39 Å². The summed E-state index contributed by atoms with van der Waals surface area (Å²) >= 11 is 0. The van der Waals surface area contributed by atoms with Crippen molar-refractivity contribution in [1.82, 2.24) is 0 Å². The first kappa shape index (κ1) is 13.5. The number of phenols is 1. The average Bonchev–Trinajstić information content (AvgIpc) is 2.30. The molecule has 17 heavy (non-hydrogen) atoms. The lowest BCUT2D eigenvalue weighted by molar-refractivity contribution is 0.354. The molecule has 0 spiro atoms. The molecule has 0 unspecified atom stereocenters. The second-order valence-electron chi connectivity index (χ2n) is 3.14. The fraction of sp³-hybridized carbons (Fsp3) is 0.167. The van der Waals surface area contributed by atoms with E-state index in [9.17, 15) is 13.5 Å². The van der Waals surface area contributed by atoms with Gasteiger partial charge in [-0.15, -0.1) is 0 Å². The van der Waals surface area contributed by atoms with Gasteiger partial charge in [0.25, 0.3) is 11.0 Å². The summed E-state index contributed by atoms with van der Waals surface area (Å²) in [6.45, 7) is 1.85. The smallest absolute Gasteiger partial charge is 0.257 e. The van der Waals surface area contributed by atoms with Crippen molar-refractivity contribution in [1.29, 1.82) is 0 Å². The second kappa shape index (κ2) is 6.88. The monoisotopic (exact) mass is 254 g/mol. The van der Waals surface area contributed by atoms with Crippen molar-refractivity contribution in [3.05, 3.63) is 42.5 Å². The first-order valence-electron chi connectivity index (χ1n) is 5.09. The van der Waals surface area contributed by atoms with Gasteiger partial charge in [0.15, 0.2) is 0 Å². The zero-order valence-electron chi connectivity index (χ0n) is 9.37. The van der Waals surface area contributed by atoms with Crippen LogP contribution >= 0.6 is 0 Å². The Morgan fingerprint density at radius 1 is 1.12 bits per heavy atom. The molecule has 0 saturated carbocycles. The molecule has 0 atom stereocenters. The van der Waals surface area contributed by atoms with Crippen LogP contribution in [0.5, 0.6) is 5.75 Å². The summed E-state index contributed by atoms with van der Waals surface area (Å²) in [5.74, 6) is 0.350. The number of benzene rings is 2. The van der Waals surface area contributed by atoms with Crippen molar-refractivity contribution in [3.63, 3.8) is 0 Å². The molecule has 2 rings (SSSR count). The average molecular weight is 254 g/mol. The van der Waals surface area contributed by atoms with Gasteiger partial charge >= 0.3 is 0 Å². The van der Waals surface area contributed by atoms with Crippen LogP contribution < -0.4 is 0 Å². The molecule has 0 aliphatic rings. The Bertz CT molecular complexity index is 536. The van der Waals surface area contributed by atoms with Crippen molar-refractivity contribution in [2.75, 3.05) is 6.61 Å². The lowest BCUT2D eigenvalue weighted by Crippen LogP contribution is -1.83. The van der Waals surface area contributed by atoms with Gasteiger partial charge in [0.2, 0.25) is 0 Å². The van der Waals surface area contributed by atoms with Gasteiger partial charge in [-0.05, 0) is 18.4 Å². The molecule has 0 fully saturated rings. The minimum Gasteiger partial charge on any atom is -0.507 e. The Kier molecular flexibility index (Phi) is 5.45. The third-order valence-electron chi connectivity index (χ3n) is 2.00.